The van der Waals surface area contributed by atoms with E-state index in [2.05, 4.69) is 20.4 Å². The number of hydrogen-bond donors (Lipinski definition) is 1. The number of aryl methyl sites for hydroxylation is 1. The fraction of sp³-hybridized carbons (Fsp3) is 0.250. The van der Waals surface area contributed by atoms with Gasteiger partial charge in [-0.25, -0.2) is 9.67 Å². The number of rotatable bonds is 3. The lowest BCUT2D eigenvalue weighted by atomic mass is 10.2. The Balaban J connectivity index is 1.85. The van der Waals surface area contributed by atoms with Crippen molar-refractivity contribution < 1.29 is 4.79 Å². The molecule has 0 bridgehead atoms. The van der Waals surface area contributed by atoms with Crippen LogP contribution in [-0.4, -0.2) is 25.7 Å². The van der Waals surface area contributed by atoms with E-state index in [1.165, 1.54) is 0 Å². The Hall–Kier alpha value is -2.76. The van der Waals surface area contributed by atoms with Crippen LogP contribution in [0.5, 0.6) is 0 Å². The zero-order valence-electron chi connectivity index (χ0n) is 12.7. The molecule has 0 spiro atoms. The minimum Gasteiger partial charge on any atom is -0.321 e. The number of carbonyl (C=O) groups is 1. The first-order valence-electron chi connectivity index (χ1n) is 7.12. The summed E-state index contributed by atoms with van der Waals surface area (Å²) >= 11 is 0. The molecule has 1 amide bonds. The standard InChI is InChI=1S/C16H17N5O/c1-10(2)21-15-13(8-19-21)6-14(9-18-15)20-16(22)12-5-4-11(3)17-7-12/h4-10H,1-3H3,(H,20,22). The fourth-order valence-electron chi connectivity index (χ4n) is 2.19. The molecule has 0 atom stereocenters. The van der Waals surface area contributed by atoms with Gasteiger partial charge in [-0.3, -0.25) is 9.78 Å². The molecular weight excluding hydrogens is 278 g/mol. The summed E-state index contributed by atoms with van der Waals surface area (Å²) in [5.74, 6) is -0.204. The second-order valence-electron chi connectivity index (χ2n) is 5.46. The molecule has 3 rings (SSSR count). The number of aromatic nitrogens is 4. The van der Waals surface area contributed by atoms with E-state index in [4.69, 9.17) is 0 Å². The van der Waals surface area contributed by atoms with E-state index < -0.39 is 0 Å². The van der Waals surface area contributed by atoms with Gasteiger partial charge in [0, 0.05) is 23.3 Å². The second-order valence-corrected chi connectivity index (χ2v) is 5.46. The maximum atomic E-state index is 12.2. The lowest BCUT2D eigenvalue weighted by molar-refractivity contribution is 0.102. The molecule has 0 aliphatic carbocycles. The molecule has 6 nitrogen and oxygen atoms in total. The third-order valence-corrected chi connectivity index (χ3v) is 3.35. The van der Waals surface area contributed by atoms with Crippen molar-refractivity contribution in [3.8, 4) is 0 Å². The van der Waals surface area contributed by atoms with Crippen LogP contribution in [0.2, 0.25) is 0 Å². The number of carbonyl (C=O) groups excluding carboxylic acids is 1. The third kappa shape index (κ3) is 2.67. The van der Waals surface area contributed by atoms with E-state index in [0.717, 1.165) is 16.7 Å². The van der Waals surface area contributed by atoms with Gasteiger partial charge in [0.25, 0.3) is 5.91 Å². The topological polar surface area (TPSA) is 72.7 Å². The molecule has 0 aromatic carbocycles. The highest BCUT2D eigenvalue weighted by atomic mass is 16.1. The molecule has 22 heavy (non-hydrogen) atoms. The Morgan fingerprint density at radius 2 is 2.00 bits per heavy atom. The lowest BCUT2D eigenvalue weighted by Crippen LogP contribution is -2.12. The second kappa shape index (κ2) is 5.55. The molecule has 3 aromatic heterocycles. The molecule has 0 saturated heterocycles. The van der Waals surface area contributed by atoms with Crippen molar-refractivity contribution >= 4 is 22.6 Å². The summed E-state index contributed by atoms with van der Waals surface area (Å²) in [7, 11) is 0. The summed E-state index contributed by atoms with van der Waals surface area (Å²) in [6.45, 7) is 5.98. The number of nitrogens with one attached hydrogen (secondary N) is 1. The van der Waals surface area contributed by atoms with Crippen LogP contribution >= 0.6 is 0 Å². The number of nitrogens with zero attached hydrogens (tertiary/aromatic N) is 4. The van der Waals surface area contributed by atoms with Crippen LogP contribution in [0.15, 0.2) is 36.8 Å². The van der Waals surface area contributed by atoms with Crippen molar-refractivity contribution in [2.45, 2.75) is 26.8 Å². The quantitative estimate of drug-likeness (QED) is 0.806. The normalized spacial score (nSPS) is 11.1. The molecule has 0 aliphatic rings. The highest BCUT2D eigenvalue weighted by Crippen LogP contribution is 2.19. The average Bonchev–Trinajstić information content (AvgIpc) is 2.91. The Kier molecular flexibility index (Phi) is 3.58. The molecule has 0 unspecified atom stereocenters. The van der Waals surface area contributed by atoms with E-state index >= 15 is 0 Å². The molecule has 3 aromatic rings. The van der Waals surface area contributed by atoms with Gasteiger partial charge in [-0.1, -0.05) is 0 Å². The van der Waals surface area contributed by atoms with E-state index in [9.17, 15) is 4.79 Å². The highest BCUT2D eigenvalue weighted by molar-refractivity contribution is 6.04. The predicted octanol–water partition coefficient (Wildman–Crippen LogP) is 2.97. The van der Waals surface area contributed by atoms with Gasteiger partial charge in [0.05, 0.1) is 23.6 Å². The van der Waals surface area contributed by atoms with Crippen LogP contribution in [-0.2, 0) is 0 Å². The molecule has 0 fully saturated rings. The molecule has 0 aliphatic heterocycles. The number of anilines is 1. The van der Waals surface area contributed by atoms with Gasteiger partial charge in [0.1, 0.15) is 0 Å². The number of pyridine rings is 2. The van der Waals surface area contributed by atoms with Crippen molar-refractivity contribution in [1.82, 2.24) is 19.7 Å². The Morgan fingerprint density at radius 1 is 1.18 bits per heavy atom. The van der Waals surface area contributed by atoms with Crippen molar-refractivity contribution in [2.75, 3.05) is 5.32 Å². The minimum atomic E-state index is -0.204. The van der Waals surface area contributed by atoms with E-state index in [1.54, 1.807) is 24.7 Å². The summed E-state index contributed by atoms with van der Waals surface area (Å²) in [6, 6.07) is 5.67. The summed E-state index contributed by atoms with van der Waals surface area (Å²) < 4.78 is 1.85. The van der Waals surface area contributed by atoms with E-state index in [-0.39, 0.29) is 11.9 Å². The van der Waals surface area contributed by atoms with Crippen molar-refractivity contribution in [3.05, 3.63) is 48.0 Å². The zero-order chi connectivity index (χ0) is 15.7. The van der Waals surface area contributed by atoms with Crippen LogP contribution < -0.4 is 5.32 Å². The van der Waals surface area contributed by atoms with Crippen molar-refractivity contribution in [2.24, 2.45) is 0 Å². The van der Waals surface area contributed by atoms with Gasteiger partial charge < -0.3 is 5.32 Å². The summed E-state index contributed by atoms with van der Waals surface area (Å²) in [5, 5.41) is 8.04. The largest absolute Gasteiger partial charge is 0.321 e. The van der Waals surface area contributed by atoms with Crippen LogP contribution in [0.25, 0.3) is 11.0 Å². The number of amides is 1. The molecule has 0 saturated carbocycles. The summed E-state index contributed by atoms with van der Waals surface area (Å²) in [6.07, 6.45) is 4.96. The molecular formula is C16H17N5O. The first-order valence-corrected chi connectivity index (χ1v) is 7.12. The Morgan fingerprint density at radius 3 is 2.68 bits per heavy atom. The molecule has 112 valence electrons. The van der Waals surface area contributed by atoms with Gasteiger partial charge in [0.15, 0.2) is 5.65 Å². The summed E-state index contributed by atoms with van der Waals surface area (Å²) in [5.41, 5.74) is 2.84. The highest BCUT2D eigenvalue weighted by Gasteiger charge is 2.10. The molecule has 3 heterocycles. The monoisotopic (exact) mass is 295 g/mol. The van der Waals surface area contributed by atoms with Gasteiger partial charge >= 0.3 is 0 Å². The lowest BCUT2D eigenvalue weighted by Gasteiger charge is -2.07. The Labute approximate surface area is 128 Å². The molecule has 0 radical (unpaired) electrons. The smallest absolute Gasteiger partial charge is 0.257 e. The van der Waals surface area contributed by atoms with Gasteiger partial charge in [-0.15, -0.1) is 0 Å². The first kappa shape index (κ1) is 14.2. The van der Waals surface area contributed by atoms with Crippen LogP contribution in [0.4, 0.5) is 5.69 Å². The third-order valence-electron chi connectivity index (χ3n) is 3.35. The predicted molar refractivity (Wildman–Crippen MR) is 84.8 cm³/mol. The maximum absolute atomic E-state index is 12.2. The minimum absolute atomic E-state index is 0.204. The Bertz CT molecular complexity index is 820. The van der Waals surface area contributed by atoms with Crippen LogP contribution in [0.1, 0.15) is 35.9 Å². The fourth-order valence-corrected chi connectivity index (χ4v) is 2.19. The molecule has 1 N–H and O–H groups in total. The zero-order valence-corrected chi connectivity index (χ0v) is 12.7. The van der Waals surface area contributed by atoms with Crippen LogP contribution in [0.3, 0.4) is 0 Å². The van der Waals surface area contributed by atoms with E-state index in [0.29, 0.717) is 11.3 Å². The van der Waals surface area contributed by atoms with Gasteiger partial charge in [0.2, 0.25) is 0 Å². The summed E-state index contributed by atoms with van der Waals surface area (Å²) in [4.78, 5) is 20.7. The number of hydrogen-bond acceptors (Lipinski definition) is 4. The first-order chi connectivity index (χ1) is 10.5. The SMILES string of the molecule is Cc1ccc(C(=O)Nc2cnc3c(cnn3C(C)C)c2)cn1. The van der Waals surface area contributed by atoms with Crippen LogP contribution in [0, 0.1) is 6.92 Å². The average molecular weight is 295 g/mol. The molecule has 6 heteroatoms. The number of fused-ring (bicyclic) bond motifs is 1. The van der Waals surface area contributed by atoms with Crippen molar-refractivity contribution in [3.63, 3.8) is 0 Å². The maximum Gasteiger partial charge on any atom is 0.257 e. The van der Waals surface area contributed by atoms with Crippen molar-refractivity contribution in [1.29, 1.82) is 0 Å². The van der Waals surface area contributed by atoms with E-state index in [1.807, 2.05) is 37.6 Å². The van der Waals surface area contributed by atoms with Gasteiger partial charge in [-0.05, 0) is 39.0 Å². The van der Waals surface area contributed by atoms with Gasteiger partial charge in [-0.2, -0.15) is 5.10 Å².